The summed E-state index contributed by atoms with van der Waals surface area (Å²) >= 11 is 6.03. The van der Waals surface area contributed by atoms with Crippen molar-refractivity contribution in [3.63, 3.8) is 0 Å². The highest BCUT2D eigenvalue weighted by Gasteiger charge is 2.44. The zero-order valence-corrected chi connectivity index (χ0v) is 23.8. The molecule has 1 aliphatic heterocycles. The molecule has 5 rings (SSSR count). The van der Waals surface area contributed by atoms with Crippen molar-refractivity contribution in [1.29, 1.82) is 0 Å². The van der Waals surface area contributed by atoms with Crippen molar-refractivity contribution in [2.75, 3.05) is 38.0 Å². The molecule has 1 aliphatic carbocycles. The number of benzene rings is 3. The van der Waals surface area contributed by atoms with Gasteiger partial charge in [-0.1, -0.05) is 35.9 Å². The Morgan fingerprint density at radius 2 is 1.62 bits per heavy atom. The minimum atomic E-state index is -0.575. The molecular formula is C31H32ClN5O3. The fraction of sp³-hybridized carbons (Fsp3) is 0.290. The fourth-order valence-electron chi connectivity index (χ4n) is 5.46. The molecule has 0 spiro atoms. The predicted molar refractivity (Wildman–Crippen MR) is 161 cm³/mol. The Balaban J connectivity index is 1.57. The normalized spacial score (nSPS) is 19.3. The third kappa shape index (κ3) is 5.31. The number of rotatable bonds is 6. The lowest BCUT2D eigenvalue weighted by atomic mass is 9.77. The number of hydrazone groups is 1. The standard InChI is InChI=1S/C31H32ClN5O3/c1-34(2)24-13-8-20(9-14-24)18-22-6-5-7-26-29(22)33-36(30(26)21-10-15-25(16-11-21)35(3)4)31(38)23-12-17-27(32)28(19-23)37(39)40/h8-19,26,30H,5-7H2,1-4H3/b22-18+/t26-,30-/m0/s1. The molecule has 0 aromatic heterocycles. The van der Waals surface area contributed by atoms with Crippen LogP contribution in [0.4, 0.5) is 17.1 Å². The Morgan fingerprint density at radius 1 is 1.00 bits per heavy atom. The highest BCUT2D eigenvalue weighted by molar-refractivity contribution is 6.32. The molecular weight excluding hydrogens is 526 g/mol. The first-order chi connectivity index (χ1) is 19.1. The highest BCUT2D eigenvalue weighted by Crippen LogP contribution is 2.45. The van der Waals surface area contributed by atoms with Crippen molar-refractivity contribution < 1.29 is 9.72 Å². The van der Waals surface area contributed by atoms with Crippen LogP contribution in [0.3, 0.4) is 0 Å². The Bertz CT molecular complexity index is 1500. The van der Waals surface area contributed by atoms with Gasteiger partial charge in [0.25, 0.3) is 11.6 Å². The van der Waals surface area contributed by atoms with Crippen molar-refractivity contribution >= 4 is 46.4 Å². The first-order valence-electron chi connectivity index (χ1n) is 13.3. The minimum Gasteiger partial charge on any atom is -0.378 e. The Hall–Kier alpha value is -4.17. The van der Waals surface area contributed by atoms with E-state index in [9.17, 15) is 14.9 Å². The lowest BCUT2D eigenvalue weighted by Crippen LogP contribution is -2.32. The van der Waals surface area contributed by atoms with E-state index in [4.69, 9.17) is 16.7 Å². The number of carbonyl (C=O) groups excluding carboxylic acids is 1. The largest absolute Gasteiger partial charge is 0.378 e. The van der Waals surface area contributed by atoms with E-state index in [1.807, 2.05) is 57.4 Å². The van der Waals surface area contributed by atoms with Gasteiger partial charge in [-0.15, -0.1) is 0 Å². The van der Waals surface area contributed by atoms with Gasteiger partial charge >= 0.3 is 0 Å². The minimum absolute atomic E-state index is 0.00992. The second kappa shape index (κ2) is 11.1. The van der Waals surface area contributed by atoms with Crippen LogP contribution in [0.5, 0.6) is 0 Å². The molecule has 0 radical (unpaired) electrons. The summed E-state index contributed by atoms with van der Waals surface area (Å²) in [5, 5.41) is 18.0. The van der Waals surface area contributed by atoms with Crippen LogP contribution in [0.1, 0.15) is 46.8 Å². The van der Waals surface area contributed by atoms with Gasteiger partial charge in [-0.3, -0.25) is 14.9 Å². The van der Waals surface area contributed by atoms with Gasteiger partial charge in [0, 0.05) is 57.1 Å². The summed E-state index contributed by atoms with van der Waals surface area (Å²) < 4.78 is 0. The smallest absolute Gasteiger partial charge is 0.288 e. The summed E-state index contributed by atoms with van der Waals surface area (Å²) in [4.78, 5) is 29.0. The lowest BCUT2D eigenvalue weighted by Gasteiger charge is -2.30. The van der Waals surface area contributed by atoms with E-state index in [1.165, 1.54) is 23.2 Å². The van der Waals surface area contributed by atoms with Crippen molar-refractivity contribution in [3.8, 4) is 0 Å². The van der Waals surface area contributed by atoms with Gasteiger partial charge in [0.15, 0.2) is 0 Å². The zero-order valence-electron chi connectivity index (χ0n) is 23.0. The van der Waals surface area contributed by atoms with Gasteiger partial charge < -0.3 is 9.80 Å². The molecule has 1 amide bonds. The molecule has 40 heavy (non-hydrogen) atoms. The molecule has 2 aliphatic rings. The highest BCUT2D eigenvalue weighted by atomic mass is 35.5. The summed E-state index contributed by atoms with van der Waals surface area (Å²) in [5.41, 5.74) is 6.12. The number of hydrogen-bond donors (Lipinski definition) is 0. The van der Waals surface area contributed by atoms with Gasteiger partial charge in [0.2, 0.25) is 0 Å². The van der Waals surface area contributed by atoms with E-state index in [2.05, 4.69) is 35.2 Å². The van der Waals surface area contributed by atoms with E-state index < -0.39 is 10.8 Å². The number of anilines is 2. The number of halogens is 1. The molecule has 9 heteroatoms. The summed E-state index contributed by atoms with van der Waals surface area (Å²) in [5.74, 6) is -0.379. The second-order valence-electron chi connectivity index (χ2n) is 10.6. The average Bonchev–Trinajstić information content (AvgIpc) is 3.33. The van der Waals surface area contributed by atoms with Gasteiger partial charge in [0.1, 0.15) is 5.02 Å². The van der Waals surface area contributed by atoms with E-state index in [0.717, 1.165) is 53.0 Å². The van der Waals surface area contributed by atoms with Gasteiger partial charge in [-0.05, 0) is 78.4 Å². The van der Waals surface area contributed by atoms with Crippen LogP contribution in [0.2, 0.25) is 5.02 Å². The van der Waals surface area contributed by atoms with Crippen LogP contribution >= 0.6 is 11.6 Å². The quantitative estimate of drug-likeness (QED) is 0.245. The molecule has 0 bridgehead atoms. The van der Waals surface area contributed by atoms with Crippen LogP contribution in [0, 0.1) is 16.0 Å². The molecule has 0 saturated heterocycles. The predicted octanol–water partition coefficient (Wildman–Crippen LogP) is 6.82. The molecule has 0 N–H and O–H groups in total. The van der Waals surface area contributed by atoms with Crippen molar-refractivity contribution in [1.82, 2.24) is 5.01 Å². The summed E-state index contributed by atoms with van der Waals surface area (Å²) in [7, 11) is 7.99. The molecule has 3 aromatic carbocycles. The maximum Gasteiger partial charge on any atom is 0.288 e. The van der Waals surface area contributed by atoms with Crippen molar-refractivity contribution in [2.24, 2.45) is 11.0 Å². The lowest BCUT2D eigenvalue weighted by molar-refractivity contribution is -0.384. The third-order valence-corrected chi connectivity index (χ3v) is 7.92. The number of nitro groups is 1. The van der Waals surface area contributed by atoms with Gasteiger partial charge in [0.05, 0.1) is 16.7 Å². The van der Waals surface area contributed by atoms with E-state index >= 15 is 0 Å². The van der Waals surface area contributed by atoms with Gasteiger partial charge in [-0.25, -0.2) is 5.01 Å². The topological polar surface area (TPSA) is 82.3 Å². The summed E-state index contributed by atoms with van der Waals surface area (Å²) in [6.45, 7) is 0. The number of hydrogen-bond acceptors (Lipinski definition) is 6. The van der Waals surface area contributed by atoms with Crippen LogP contribution in [0.15, 0.2) is 77.4 Å². The second-order valence-corrected chi connectivity index (χ2v) is 11.1. The van der Waals surface area contributed by atoms with Crippen LogP contribution in [-0.2, 0) is 0 Å². The Morgan fingerprint density at radius 3 is 2.23 bits per heavy atom. The SMILES string of the molecule is CN(C)c1ccc(/C=C2\CCC[C@H]3C2=NN(C(=O)c2ccc(Cl)c([N+](=O)[O-])c2)[C@H]3c2ccc(N(C)C)cc2)cc1. The summed E-state index contributed by atoms with van der Waals surface area (Å²) in [6, 6.07) is 20.3. The van der Waals surface area contributed by atoms with Crippen molar-refractivity contribution in [2.45, 2.75) is 25.3 Å². The van der Waals surface area contributed by atoms with Crippen LogP contribution in [0.25, 0.3) is 6.08 Å². The van der Waals surface area contributed by atoms with E-state index in [1.54, 1.807) is 0 Å². The maximum atomic E-state index is 13.9. The number of carbonyl (C=O) groups is 1. The molecule has 1 fully saturated rings. The molecule has 206 valence electrons. The van der Waals surface area contributed by atoms with E-state index in [-0.39, 0.29) is 28.2 Å². The molecule has 3 aromatic rings. The van der Waals surface area contributed by atoms with Crippen molar-refractivity contribution in [3.05, 3.63) is 104 Å². The number of fused-ring (bicyclic) bond motifs is 1. The number of nitro benzene ring substituents is 1. The molecule has 0 unspecified atom stereocenters. The van der Waals surface area contributed by atoms with Crippen LogP contribution < -0.4 is 9.80 Å². The number of allylic oxidation sites excluding steroid dienone is 1. The third-order valence-electron chi connectivity index (χ3n) is 7.60. The number of nitrogens with zero attached hydrogens (tertiary/aromatic N) is 5. The average molecular weight is 558 g/mol. The van der Waals surface area contributed by atoms with Gasteiger partial charge in [-0.2, -0.15) is 5.10 Å². The Labute approximate surface area is 239 Å². The maximum absolute atomic E-state index is 13.9. The first-order valence-corrected chi connectivity index (χ1v) is 13.6. The van der Waals surface area contributed by atoms with E-state index in [0.29, 0.717) is 0 Å². The fourth-order valence-corrected chi connectivity index (χ4v) is 5.65. The molecule has 1 heterocycles. The van der Waals surface area contributed by atoms with Crippen LogP contribution in [-0.4, -0.2) is 49.7 Å². The monoisotopic (exact) mass is 557 g/mol. The summed E-state index contributed by atoms with van der Waals surface area (Å²) in [6.07, 6.45) is 4.90. The first kappa shape index (κ1) is 27.4. The zero-order chi connectivity index (χ0) is 28.6. The molecule has 2 atom stereocenters. The molecule has 1 saturated carbocycles. The number of amides is 1. The molecule has 8 nitrogen and oxygen atoms in total. The Kier molecular flexibility index (Phi) is 7.63.